The van der Waals surface area contributed by atoms with Crippen molar-refractivity contribution >= 4 is 77.3 Å². The highest BCUT2D eigenvalue weighted by molar-refractivity contribution is 6.26. The number of nitrogens with one attached hydrogen (secondary N) is 1. The first-order valence-corrected chi connectivity index (χ1v) is 20.4. The number of hydrogen-bond donors (Lipinski definition) is 1. The Morgan fingerprint density at radius 3 is 1.75 bits per heavy atom. The van der Waals surface area contributed by atoms with E-state index in [-0.39, 0.29) is 5.41 Å². The molecule has 3 aliphatic rings. The average Bonchev–Trinajstić information content (AvgIpc) is 3.46. The second-order valence-electron chi connectivity index (χ2n) is 16.9. The lowest BCUT2D eigenvalue weighted by Crippen LogP contribution is -2.15. The molecular weight excluding hydrogens is 687 g/mol. The normalized spacial score (nSPS) is 16.2. The molecule has 0 saturated heterocycles. The van der Waals surface area contributed by atoms with Crippen molar-refractivity contribution in [2.24, 2.45) is 5.92 Å². The van der Waals surface area contributed by atoms with Crippen LogP contribution in [0.4, 0.5) is 5.69 Å². The number of rotatable bonds is 5. The van der Waals surface area contributed by atoms with Gasteiger partial charge in [0.05, 0.1) is 0 Å². The van der Waals surface area contributed by atoms with Gasteiger partial charge in [0.15, 0.2) is 0 Å². The molecule has 0 aromatic heterocycles. The van der Waals surface area contributed by atoms with Crippen LogP contribution in [-0.4, -0.2) is 6.54 Å². The van der Waals surface area contributed by atoms with E-state index >= 15 is 0 Å². The van der Waals surface area contributed by atoms with Crippen molar-refractivity contribution in [3.05, 3.63) is 192 Å². The molecule has 1 nitrogen and oxygen atoms in total. The largest absolute Gasteiger partial charge is 0.384 e. The highest BCUT2D eigenvalue weighted by Crippen LogP contribution is 2.53. The minimum Gasteiger partial charge on any atom is -0.384 e. The Morgan fingerprint density at radius 1 is 0.491 bits per heavy atom. The fourth-order valence-corrected chi connectivity index (χ4v) is 10.3. The Morgan fingerprint density at radius 2 is 1.05 bits per heavy atom. The number of hydrogen-bond acceptors (Lipinski definition) is 1. The van der Waals surface area contributed by atoms with Crippen molar-refractivity contribution in [2.75, 3.05) is 11.9 Å². The van der Waals surface area contributed by atoms with Crippen molar-refractivity contribution in [2.45, 2.75) is 25.7 Å². The molecule has 0 radical (unpaired) electrons. The van der Waals surface area contributed by atoms with Crippen LogP contribution in [0, 0.1) is 5.92 Å². The van der Waals surface area contributed by atoms with E-state index < -0.39 is 0 Å². The summed E-state index contributed by atoms with van der Waals surface area (Å²) < 4.78 is 0. The third-order valence-corrected chi connectivity index (χ3v) is 13.4. The van der Waals surface area contributed by atoms with Crippen molar-refractivity contribution in [1.29, 1.82) is 0 Å². The predicted octanol–water partition coefficient (Wildman–Crippen LogP) is 15.0. The van der Waals surface area contributed by atoms with E-state index in [1.54, 1.807) is 0 Å². The molecule has 0 amide bonds. The lowest BCUT2D eigenvalue weighted by atomic mass is 9.79. The van der Waals surface area contributed by atoms with Gasteiger partial charge >= 0.3 is 0 Å². The summed E-state index contributed by atoms with van der Waals surface area (Å²) in [6.45, 7) is 5.69. The molecule has 9 aromatic carbocycles. The van der Waals surface area contributed by atoms with Gasteiger partial charge in [0.2, 0.25) is 0 Å². The molecule has 1 atom stereocenters. The fourth-order valence-electron chi connectivity index (χ4n) is 10.3. The standard InChI is InChI=1S/C56H41N/c1-56(2)54-27-21-38(30-52(54)53-31-50-48-26-25-46(48)43-15-6-8-17-45(43)51(50)32-55(53)56)36-11-9-10-34(28-36)33-57-39-22-18-35(19-23-39)37-20-24-47-42-14-4-3-12-40(42)41-13-5-7-16-44(41)49(47)29-37/h3-27,29-32,34,57H,28,33H2,1-2H3. The molecule has 0 spiro atoms. The van der Waals surface area contributed by atoms with Crippen LogP contribution < -0.4 is 5.32 Å². The van der Waals surface area contributed by atoms with E-state index in [0.29, 0.717) is 5.92 Å². The molecule has 0 saturated carbocycles. The SMILES string of the molecule is CC1(C)c2ccc(C3=CC=CC(CNc4ccc(-c5ccc6c7ccccc7c7ccccc7c6c5)cc4)C3)cc2-c2cc3c4c(c5ccccc5c3cc21)C=C4. The summed E-state index contributed by atoms with van der Waals surface area (Å²) in [5.74, 6) is 0.410. The zero-order chi connectivity index (χ0) is 37.8. The van der Waals surface area contributed by atoms with Gasteiger partial charge in [-0.1, -0.05) is 153 Å². The van der Waals surface area contributed by atoms with Gasteiger partial charge in [-0.15, -0.1) is 0 Å². The molecule has 0 heterocycles. The molecule has 1 N–H and O–H groups in total. The van der Waals surface area contributed by atoms with E-state index in [0.717, 1.165) is 18.7 Å². The van der Waals surface area contributed by atoms with Gasteiger partial charge in [-0.05, 0) is 158 Å². The van der Waals surface area contributed by atoms with Crippen LogP contribution in [0.5, 0.6) is 0 Å². The van der Waals surface area contributed by atoms with Crippen LogP contribution in [0.3, 0.4) is 0 Å². The summed E-state index contributed by atoms with van der Waals surface area (Å²) in [5.41, 5.74) is 14.7. The lowest BCUT2D eigenvalue weighted by molar-refractivity contribution is 0.661. The topological polar surface area (TPSA) is 12.0 Å². The van der Waals surface area contributed by atoms with Crippen LogP contribution in [0.15, 0.2) is 164 Å². The van der Waals surface area contributed by atoms with Gasteiger partial charge in [-0.2, -0.15) is 0 Å². The first-order chi connectivity index (χ1) is 28.0. The third-order valence-electron chi connectivity index (χ3n) is 13.4. The minimum atomic E-state index is -0.0578. The Hall–Kier alpha value is -6.70. The molecule has 0 aliphatic heterocycles. The van der Waals surface area contributed by atoms with Crippen molar-refractivity contribution in [3.8, 4) is 22.3 Å². The number of allylic oxidation sites excluding steroid dienone is 3. The number of benzene rings is 9. The highest BCUT2D eigenvalue weighted by atomic mass is 14.9. The van der Waals surface area contributed by atoms with E-state index in [4.69, 9.17) is 0 Å². The Balaban J connectivity index is 0.793. The zero-order valence-corrected chi connectivity index (χ0v) is 32.2. The summed E-state index contributed by atoms with van der Waals surface area (Å²) in [7, 11) is 0. The van der Waals surface area contributed by atoms with Crippen LogP contribution >= 0.6 is 0 Å². The first kappa shape index (κ1) is 32.5. The molecule has 0 fully saturated rings. The van der Waals surface area contributed by atoms with Crippen LogP contribution in [0.2, 0.25) is 0 Å². The van der Waals surface area contributed by atoms with E-state index in [1.165, 1.54) is 110 Å². The number of anilines is 1. The quantitative estimate of drug-likeness (QED) is 0.174. The summed E-state index contributed by atoms with van der Waals surface area (Å²) in [6, 6.07) is 54.7. The van der Waals surface area contributed by atoms with Crippen LogP contribution in [0.25, 0.3) is 93.8 Å². The summed E-state index contributed by atoms with van der Waals surface area (Å²) in [5, 5.41) is 17.1. The Bertz CT molecular complexity index is 3240. The van der Waals surface area contributed by atoms with E-state index in [1.807, 2.05) is 0 Å². The molecule has 0 bridgehead atoms. The maximum absolute atomic E-state index is 3.77. The summed E-state index contributed by atoms with van der Waals surface area (Å²) >= 11 is 0. The van der Waals surface area contributed by atoms with E-state index in [9.17, 15) is 0 Å². The summed E-state index contributed by atoms with van der Waals surface area (Å²) in [4.78, 5) is 0. The summed E-state index contributed by atoms with van der Waals surface area (Å²) in [6.07, 6.45) is 12.5. The predicted molar refractivity (Wildman–Crippen MR) is 246 cm³/mol. The van der Waals surface area contributed by atoms with Gasteiger partial charge in [0.1, 0.15) is 0 Å². The molecule has 1 unspecified atom stereocenters. The van der Waals surface area contributed by atoms with E-state index in [2.05, 4.69) is 195 Å². The first-order valence-electron chi connectivity index (χ1n) is 20.4. The fraction of sp³-hybridized carbons (Fsp3) is 0.107. The van der Waals surface area contributed by atoms with Gasteiger partial charge < -0.3 is 5.32 Å². The van der Waals surface area contributed by atoms with Gasteiger partial charge in [0.25, 0.3) is 0 Å². The Labute approximate surface area is 333 Å². The monoisotopic (exact) mass is 727 g/mol. The molecule has 57 heavy (non-hydrogen) atoms. The second-order valence-corrected chi connectivity index (χ2v) is 16.9. The molecule has 270 valence electrons. The molecule has 3 aliphatic carbocycles. The molecular formula is C56H41N. The van der Waals surface area contributed by atoms with Crippen molar-refractivity contribution < 1.29 is 0 Å². The smallest absolute Gasteiger partial charge is 0.0340 e. The van der Waals surface area contributed by atoms with Crippen LogP contribution in [0.1, 0.15) is 48.1 Å². The maximum atomic E-state index is 3.77. The Kier molecular flexibility index (Phi) is 6.93. The zero-order valence-electron chi connectivity index (χ0n) is 32.2. The lowest BCUT2D eigenvalue weighted by Gasteiger charge is -2.24. The third kappa shape index (κ3) is 4.88. The maximum Gasteiger partial charge on any atom is 0.0340 e. The molecule has 9 aromatic rings. The van der Waals surface area contributed by atoms with Crippen molar-refractivity contribution in [1.82, 2.24) is 0 Å². The molecule has 1 heteroatoms. The minimum absolute atomic E-state index is 0.0578. The van der Waals surface area contributed by atoms with Crippen molar-refractivity contribution in [3.63, 3.8) is 0 Å². The van der Waals surface area contributed by atoms with Gasteiger partial charge in [-0.3, -0.25) is 0 Å². The van der Waals surface area contributed by atoms with Gasteiger partial charge in [-0.25, -0.2) is 0 Å². The van der Waals surface area contributed by atoms with Crippen LogP contribution in [-0.2, 0) is 5.41 Å². The second kappa shape index (κ2) is 12.1. The molecule has 12 rings (SSSR count). The highest BCUT2D eigenvalue weighted by Gasteiger charge is 2.36. The number of fused-ring (bicyclic) bond motifs is 15. The van der Waals surface area contributed by atoms with Gasteiger partial charge in [0, 0.05) is 17.6 Å². The average molecular weight is 728 g/mol.